The molecular formula is C9H5BrF2O2. The molecule has 0 aliphatic rings. The minimum Gasteiger partial charge on any atom is -0.478 e. The average molecular weight is 263 g/mol. The van der Waals surface area contributed by atoms with Gasteiger partial charge in [-0.25, -0.2) is 13.6 Å². The molecule has 0 atom stereocenters. The molecular weight excluding hydrogens is 258 g/mol. The lowest BCUT2D eigenvalue weighted by Crippen LogP contribution is -2.02. The van der Waals surface area contributed by atoms with Gasteiger partial charge in [-0.3, -0.25) is 0 Å². The molecule has 74 valence electrons. The molecule has 0 spiro atoms. The zero-order valence-electron chi connectivity index (χ0n) is 6.80. The zero-order valence-corrected chi connectivity index (χ0v) is 8.38. The van der Waals surface area contributed by atoms with Gasteiger partial charge in [-0.15, -0.1) is 0 Å². The van der Waals surface area contributed by atoms with Crippen molar-refractivity contribution in [3.8, 4) is 0 Å². The van der Waals surface area contributed by atoms with Gasteiger partial charge in [0.15, 0.2) is 0 Å². The maximum Gasteiger partial charge on any atom is 0.338 e. The number of rotatable bonds is 2. The van der Waals surface area contributed by atoms with Crippen LogP contribution in [-0.4, -0.2) is 11.1 Å². The number of hydrogen-bond acceptors (Lipinski definition) is 1. The molecule has 0 aliphatic heterocycles. The summed E-state index contributed by atoms with van der Waals surface area (Å²) in [6, 6.07) is 1.48. The highest BCUT2D eigenvalue weighted by Gasteiger charge is 2.13. The largest absolute Gasteiger partial charge is 0.478 e. The Bertz CT molecular complexity index is 402. The standard InChI is InChI=1S/C9H5BrF2O2/c10-2-1-5-3-6(9(13)14)8(12)4-7(5)11/h1-4H,(H,13,14)/b2-1+. The Hall–Kier alpha value is -1.23. The van der Waals surface area contributed by atoms with E-state index in [1.807, 2.05) is 0 Å². The Kier molecular flexibility index (Phi) is 3.35. The van der Waals surface area contributed by atoms with Gasteiger partial charge in [-0.1, -0.05) is 15.9 Å². The van der Waals surface area contributed by atoms with Crippen LogP contribution in [0.4, 0.5) is 8.78 Å². The van der Waals surface area contributed by atoms with Crippen molar-refractivity contribution in [2.45, 2.75) is 0 Å². The molecule has 0 saturated heterocycles. The second-order valence-corrected chi connectivity index (χ2v) is 2.98. The maximum absolute atomic E-state index is 13.0. The van der Waals surface area contributed by atoms with E-state index >= 15 is 0 Å². The maximum atomic E-state index is 13.0. The Morgan fingerprint density at radius 2 is 2.00 bits per heavy atom. The topological polar surface area (TPSA) is 37.3 Å². The molecule has 5 heteroatoms. The van der Waals surface area contributed by atoms with E-state index in [-0.39, 0.29) is 5.56 Å². The summed E-state index contributed by atoms with van der Waals surface area (Å²) in [7, 11) is 0. The third-order valence-corrected chi connectivity index (χ3v) is 1.82. The van der Waals surface area contributed by atoms with Crippen LogP contribution in [0.5, 0.6) is 0 Å². The van der Waals surface area contributed by atoms with Crippen LogP contribution >= 0.6 is 15.9 Å². The van der Waals surface area contributed by atoms with Crippen LogP contribution < -0.4 is 0 Å². The van der Waals surface area contributed by atoms with Gasteiger partial charge >= 0.3 is 5.97 Å². The van der Waals surface area contributed by atoms with Crippen molar-refractivity contribution in [2.24, 2.45) is 0 Å². The number of aromatic carboxylic acids is 1. The fraction of sp³-hybridized carbons (Fsp3) is 0. The van der Waals surface area contributed by atoms with Crippen molar-refractivity contribution in [3.63, 3.8) is 0 Å². The van der Waals surface area contributed by atoms with Crippen LogP contribution in [0.1, 0.15) is 15.9 Å². The highest BCUT2D eigenvalue weighted by atomic mass is 79.9. The second-order valence-electron chi connectivity index (χ2n) is 2.45. The molecule has 2 nitrogen and oxygen atoms in total. The zero-order chi connectivity index (χ0) is 10.7. The lowest BCUT2D eigenvalue weighted by Gasteiger charge is -2.00. The molecule has 14 heavy (non-hydrogen) atoms. The summed E-state index contributed by atoms with van der Waals surface area (Å²) in [5, 5.41) is 8.55. The van der Waals surface area contributed by atoms with Gasteiger partial charge in [0.05, 0.1) is 5.56 Å². The Labute approximate surface area is 87.0 Å². The van der Waals surface area contributed by atoms with Gasteiger partial charge in [0.1, 0.15) is 11.6 Å². The normalized spacial score (nSPS) is 10.8. The number of halogens is 3. The van der Waals surface area contributed by atoms with E-state index in [2.05, 4.69) is 15.9 Å². The first-order valence-corrected chi connectivity index (χ1v) is 4.47. The van der Waals surface area contributed by atoms with Gasteiger partial charge < -0.3 is 5.11 Å². The molecule has 1 aromatic rings. The van der Waals surface area contributed by atoms with Crippen molar-refractivity contribution >= 4 is 28.0 Å². The lowest BCUT2D eigenvalue weighted by atomic mass is 10.1. The molecule has 0 amide bonds. The molecule has 1 aromatic carbocycles. The van der Waals surface area contributed by atoms with Crippen molar-refractivity contribution in [1.29, 1.82) is 0 Å². The molecule has 0 saturated carbocycles. The van der Waals surface area contributed by atoms with Crippen molar-refractivity contribution in [3.05, 3.63) is 39.9 Å². The number of carboxylic acid groups (broad SMARTS) is 1. The van der Waals surface area contributed by atoms with Crippen LogP contribution in [0, 0.1) is 11.6 Å². The first-order chi connectivity index (χ1) is 6.56. The Morgan fingerprint density at radius 3 is 2.50 bits per heavy atom. The van der Waals surface area contributed by atoms with Crippen LogP contribution in [0.2, 0.25) is 0 Å². The highest BCUT2D eigenvalue weighted by molar-refractivity contribution is 9.11. The van der Waals surface area contributed by atoms with E-state index in [0.29, 0.717) is 6.07 Å². The Balaban J connectivity index is 3.34. The van der Waals surface area contributed by atoms with E-state index < -0.39 is 23.2 Å². The summed E-state index contributed by atoms with van der Waals surface area (Å²) in [6.07, 6.45) is 1.29. The summed E-state index contributed by atoms with van der Waals surface area (Å²) >= 11 is 2.91. The highest BCUT2D eigenvalue weighted by Crippen LogP contribution is 2.16. The molecule has 0 aliphatic carbocycles. The fourth-order valence-corrected chi connectivity index (χ4v) is 1.21. The number of benzene rings is 1. The quantitative estimate of drug-likeness (QED) is 0.890. The molecule has 1 rings (SSSR count). The molecule has 0 bridgehead atoms. The summed E-state index contributed by atoms with van der Waals surface area (Å²) < 4.78 is 25.8. The molecule has 0 heterocycles. The molecule has 0 fully saturated rings. The Morgan fingerprint density at radius 1 is 1.36 bits per heavy atom. The molecule has 0 radical (unpaired) electrons. The van der Waals surface area contributed by atoms with E-state index in [9.17, 15) is 13.6 Å². The predicted molar refractivity (Wildman–Crippen MR) is 51.3 cm³/mol. The van der Waals surface area contributed by atoms with Gasteiger partial charge in [0.25, 0.3) is 0 Å². The average Bonchev–Trinajstić information content (AvgIpc) is 2.09. The minimum atomic E-state index is -1.42. The first kappa shape index (κ1) is 10.8. The number of carboxylic acids is 1. The first-order valence-electron chi connectivity index (χ1n) is 3.55. The summed E-state index contributed by atoms with van der Waals surface area (Å²) in [6.45, 7) is 0. The van der Waals surface area contributed by atoms with Crippen molar-refractivity contribution in [1.82, 2.24) is 0 Å². The van der Waals surface area contributed by atoms with Crippen LogP contribution in [0.25, 0.3) is 6.08 Å². The third-order valence-electron chi connectivity index (χ3n) is 1.56. The second kappa shape index (κ2) is 4.32. The van der Waals surface area contributed by atoms with E-state index in [1.54, 1.807) is 0 Å². The summed E-state index contributed by atoms with van der Waals surface area (Å²) in [4.78, 5) is 11.8. The van der Waals surface area contributed by atoms with E-state index in [4.69, 9.17) is 5.11 Å². The van der Waals surface area contributed by atoms with Crippen LogP contribution in [0.15, 0.2) is 17.1 Å². The number of carbonyl (C=O) groups is 1. The predicted octanol–water partition coefficient (Wildman–Crippen LogP) is 3.03. The summed E-state index contributed by atoms with van der Waals surface area (Å²) in [5.74, 6) is -3.31. The van der Waals surface area contributed by atoms with Crippen LogP contribution in [0.3, 0.4) is 0 Å². The summed E-state index contributed by atoms with van der Waals surface area (Å²) in [5.41, 5.74) is -0.535. The van der Waals surface area contributed by atoms with Gasteiger partial charge in [0.2, 0.25) is 0 Å². The third kappa shape index (κ3) is 2.17. The van der Waals surface area contributed by atoms with Crippen molar-refractivity contribution < 1.29 is 18.7 Å². The fourth-order valence-electron chi connectivity index (χ4n) is 0.925. The van der Waals surface area contributed by atoms with Crippen LogP contribution in [-0.2, 0) is 0 Å². The van der Waals surface area contributed by atoms with Gasteiger partial charge in [-0.2, -0.15) is 0 Å². The van der Waals surface area contributed by atoms with E-state index in [0.717, 1.165) is 6.07 Å². The molecule has 0 unspecified atom stereocenters. The lowest BCUT2D eigenvalue weighted by molar-refractivity contribution is 0.0692. The monoisotopic (exact) mass is 262 g/mol. The SMILES string of the molecule is O=C(O)c1cc(/C=C/Br)c(F)cc1F. The minimum absolute atomic E-state index is 0.0145. The van der Waals surface area contributed by atoms with Gasteiger partial charge in [0, 0.05) is 11.6 Å². The van der Waals surface area contributed by atoms with E-state index in [1.165, 1.54) is 11.1 Å². The van der Waals surface area contributed by atoms with Crippen molar-refractivity contribution in [2.75, 3.05) is 0 Å². The molecule has 1 N–H and O–H groups in total. The smallest absolute Gasteiger partial charge is 0.338 e. The number of hydrogen-bond donors (Lipinski definition) is 1. The van der Waals surface area contributed by atoms with Gasteiger partial charge in [-0.05, 0) is 17.1 Å². The molecule has 0 aromatic heterocycles.